The highest BCUT2D eigenvalue weighted by Gasteiger charge is 2.20. The number of nitrogens with zero attached hydrogens (tertiary/aromatic N) is 2. The Morgan fingerprint density at radius 2 is 2.15 bits per heavy atom. The van der Waals surface area contributed by atoms with Crippen LogP contribution in [0, 0.1) is 12.7 Å². The molecular formula is C12H15FN4O2S. The minimum Gasteiger partial charge on any atom is -0.326 e. The number of hydrogen-bond acceptors (Lipinski definition) is 4. The lowest BCUT2D eigenvalue weighted by Gasteiger charge is -2.09. The van der Waals surface area contributed by atoms with Crippen molar-refractivity contribution < 1.29 is 12.8 Å². The maximum atomic E-state index is 13.0. The average molecular weight is 298 g/mol. The van der Waals surface area contributed by atoms with Crippen LogP contribution in [0.15, 0.2) is 29.3 Å². The summed E-state index contributed by atoms with van der Waals surface area (Å²) in [6.45, 7) is 1.69. The van der Waals surface area contributed by atoms with Crippen molar-refractivity contribution >= 4 is 15.8 Å². The topological polar surface area (TPSA) is 90.0 Å². The highest BCUT2D eigenvalue weighted by atomic mass is 32.2. The number of hydrogen-bond donors (Lipinski definition) is 2. The first-order valence-electron chi connectivity index (χ1n) is 5.85. The third-order valence-corrected chi connectivity index (χ3v) is 4.28. The predicted octanol–water partition coefficient (Wildman–Crippen LogP) is 1.13. The number of aromatic nitrogens is 2. The van der Waals surface area contributed by atoms with Gasteiger partial charge in [0.25, 0.3) is 10.0 Å². The quantitative estimate of drug-likeness (QED) is 0.885. The number of aryl methyl sites for hydroxylation is 2. The summed E-state index contributed by atoms with van der Waals surface area (Å²) in [5, 5.41) is 4.01. The molecule has 2 rings (SSSR count). The molecule has 0 fully saturated rings. The van der Waals surface area contributed by atoms with Gasteiger partial charge in [-0.2, -0.15) is 5.10 Å². The molecule has 1 aromatic carbocycles. The second-order valence-electron chi connectivity index (χ2n) is 4.40. The van der Waals surface area contributed by atoms with Gasteiger partial charge in [0.05, 0.1) is 4.90 Å². The lowest BCUT2D eigenvalue weighted by atomic mass is 10.2. The zero-order chi connectivity index (χ0) is 14.9. The second kappa shape index (κ2) is 5.22. The van der Waals surface area contributed by atoms with Crippen LogP contribution in [0.25, 0.3) is 0 Å². The number of rotatable bonds is 4. The summed E-state index contributed by atoms with van der Waals surface area (Å²) in [5.74, 6) is -0.305. The van der Waals surface area contributed by atoms with E-state index in [0.717, 1.165) is 12.1 Å². The molecule has 0 aliphatic rings. The van der Waals surface area contributed by atoms with E-state index in [-0.39, 0.29) is 17.3 Å². The van der Waals surface area contributed by atoms with Crippen molar-refractivity contribution in [2.24, 2.45) is 12.8 Å². The summed E-state index contributed by atoms with van der Waals surface area (Å²) in [6, 6.07) is 3.48. The summed E-state index contributed by atoms with van der Waals surface area (Å²) >= 11 is 0. The number of anilines is 1. The maximum Gasteiger partial charge on any atom is 0.263 e. The van der Waals surface area contributed by atoms with Gasteiger partial charge in [-0.15, -0.1) is 0 Å². The van der Waals surface area contributed by atoms with Gasteiger partial charge in [0.1, 0.15) is 5.82 Å². The van der Waals surface area contributed by atoms with Gasteiger partial charge in [0, 0.05) is 25.4 Å². The standard InChI is InChI=1S/C12H15FN4O2S/c1-8-5-10(13)3-4-11(8)20(18,19)16-12-9(6-14)7-17(2)15-12/h3-5,7H,6,14H2,1-2H3,(H,15,16). The van der Waals surface area contributed by atoms with Crippen LogP contribution in [-0.2, 0) is 23.6 Å². The van der Waals surface area contributed by atoms with Crippen molar-refractivity contribution in [1.29, 1.82) is 0 Å². The van der Waals surface area contributed by atoms with Gasteiger partial charge in [-0.3, -0.25) is 9.40 Å². The molecule has 0 unspecified atom stereocenters. The van der Waals surface area contributed by atoms with Crippen molar-refractivity contribution in [3.05, 3.63) is 41.3 Å². The van der Waals surface area contributed by atoms with E-state index >= 15 is 0 Å². The molecule has 2 aromatic rings. The van der Waals surface area contributed by atoms with E-state index in [1.165, 1.54) is 17.7 Å². The molecule has 0 amide bonds. The molecule has 20 heavy (non-hydrogen) atoms. The van der Waals surface area contributed by atoms with Crippen LogP contribution in [0.4, 0.5) is 10.2 Å². The Morgan fingerprint density at radius 3 is 2.75 bits per heavy atom. The van der Waals surface area contributed by atoms with E-state index in [1.807, 2.05) is 0 Å². The molecule has 6 nitrogen and oxygen atoms in total. The fourth-order valence-electron chi connectivity index (χ4n) is 1.87. The number of sulfonamides is 1. The first kappa shape index (κ1) is 14.5. The fraction of sp³-hybridized carbons (Fsp3) is 0.250. The predicted molar refractivity (Wildman–Crippen MR) is 73.0 cm³/mol. The summed E-state index contributed by atoms with van der Waals surface area (Å²) < 4.78 is 41.5. The minimum absolute atomic E-state index is 0.00697. The van der Waals surface area contributed by atoms with E-state index in [1.54, 1.807) is 13.2 Å². The third-order valence-electron chi connectivity index (χ3n) is 2.78. The van der Waals surface area contributed by atoms with E-state index in [4.69, 9.17) is 5.73 Å². The Balaban J connectivity index is 2.40. The van der Waals surface area contributed by atoms with Gasteiger partial charge < -0.3 is 5.73 Å². The van der Waals surface area contributed by atoms with Crippen molar-refractivity contribution in [2.75, 3.05) is 4.72 Å². The molecular weight excluding hydrogens is 283 g/mol. The van der Waals surface area contributed by atoms with E-state index in [0.29, 0.717) is 11.1 Å². The molecule has 0 saturated carbocycles. The summed E-state index contributed by atoms with van der Waals surface area (Å²) in [5.41, 5.74) is 6.43. The van der Waals surface area contributed by atoms with E-state index < -0.39 is 15.8 Å². The van der Waals surface area contributed by atoms with Gasteiger partial charge in [-0.1, -0.05) is 0 Å². The fourth-order valence-corrected chi connectivity index (χ4v) is 3.14. The number of nitrogens with one attached hydrogen (secondary N) is 1. The van der Waals surface area contributed by atoms with Crippen LogP contribution in [0.1, 0.15) is 11.1 Å². The summed E-state index contributed by atoms with van der Waals surface area (Å²) in [7, 11) is -2.16. The molecule has 0 spiro atoms. The average Bonchev–Trinajstić information content (AvgIpc) is 2.67. The zero-order valence-electron chi connectivity index (χ0n) is 11.1. The van der Waals surface area contributed by atoms with Crippen LogP contribution >= 0.6 is 0 Å². The summed E-state index contributed by atoms with van der Waals surface area (Å²) in [4.78, 5) is 0.00697. The Bertz CT molecular complexity index is 740. The van der Waals surface area contributed by atoms with Gasteiger partial charge in [-0.25, -0.2) is 12.8 Å². The molecule has 8 heteroatoms. The second-order valence-corrected chi connectivity index (χ2v) is 6.05. The molecule has 0 bridgehead atoms. The molecule has 0 aliphatic heterocycles. The molecule has 0 aliphatic carbocycles. The monoisotopic (exact) mass is 298 g/mol. The smallest absolute Gasteiger partial charge is 0.263 e. The minimum atomic E-state index is -3.83. The van der Waals surface area contributed by atoms with Crippen molar-refractivity contribution in [3.8, 4) is 0 Å². The first-order valence-corrected chi connectivity index (χ1v) is 7.33. The number of benzene rings is 1. The molecule has 3 N–H and O–H groups in total. The molecule has 108 valence electrons. The summed E-state index contributed by atoms with van der Waals surface area (Å²) in [6.07, 6.45) is 1.63. The molecule has 1 heterocycles. The third kappa shape index (κ3) is 2.81. The Kier molecular flexibility index (Phi) is 3.78. The number of halogens is 1. The zero-order valence-corrected chi connectivity index (χ0v) is 11.9. The van der Waals surface area contributed by atoms with Crippen LogP contribution in [0.3, 0.4) is 0 Å². The van der Waals surface area contributed by atoms with E-state index in [9.17, 15) is 12.8 Å². The molecule has 0 radical (unpaired) electrons. The normalized spacial score (nSPS) is 11.6. The molecule has 1 aromatic heterocycles. The van der Waals surface area contributed by atoms with Crippen LogP contribution in [0.5, 0.6) is 0 Å². The number of nitrogens with two attached hydrogens (primary N) is 1. The van der Waals surface area contributed by atoms with Gasteiger partial charge in [0.15, 0.2) is 5.82 Å². The van der Waals surface area contributed by atoms with Crippen molar-refractivity contribution in [2.45, 2.75) is 18.4 Å². The Hall–Kier alpha value is -1.93. The Labute approximate surface area is 116 Å². The van der Waals surface area contributed by atoms with E-state index in [2.05, 4.69) is 9.82 Å². The van der Waals surface area contributed by atoms with Crippen LogP contribution < -0.4 is 10.5 Å². The lowest BCUT2D eigenvalue weighted by molar-refractivity contribution is 0.598. The largest absolute Gasteiger partial charge is 0.326 e. The first-order chi connectivity index (χ1) is 9.33. The van der Waals surface area contributed by atoms with Gasteiger partial charge in [-0.05, 0) is 30.7 Å². The highest BCUT2D eigenvalue weighted by Crippen LogP contribution is 2.21. The molecule has 0 saturated heterocycles. The lowest BCUT2D eigenvalue weighted by Crippen LogP contribution is -2.16. The van der Waals surface area contributed by atoms with Crippen LogP contribution in [0.2, 0.25) is 0 Å². The van der Waals surface area contributed by atoms with Crippen LogP contribution in [-0.4, -0.2) is 18.2 Å². The van der Waals surface area contributed by atoms with Gasteiger partial charge >= 0.3 is 0 Å². The SMILES string of the molecule is Cc1cc(F)ccc1S(=O)(=O)Nc1nn(C)cc1CN. The van der Waals surface area contributed by atoms with Gasteiger partial charge in [0.2, 0.25) is 0 Å². The van der Waals surface area contributed by atoms with Crippen molar-refractivity contribution in [3.63, 3.8) is 0 Å². The molecule has 0 atom stereocenters. The van der Waals surface area contributed by atoms with Crippen molar-refractivity contribution in [1.82, 2.24) is 9.78 Å². The highest BCUT2D eigenvalue weighted by molar-refractivity contribution is 7.92. The maximum absolute atomic E-state index is 13.0. The Morgan fingerprint density at radius 1 is 1.45 bits per heavy atom.